The van der Waals surface area contributed by atoms with Gasteiger partial charge in [0.15, 0.2) is 0 Å². The van der Waals surface area contributed by atoms with Crippen LogP contribution in [0.1, 0.15) is 40.6 Å². The van der Waals surface area contributed by atoms with E-state index in [1.165, 1.54) is 0 Å². The maximum atomic E-state index is 12.6. The molecule has 0 saturated carbocycles. The Bertz CT molecular complexity index is 597. The molecule has 1 aliphatic rings. The molecular formula is C15H16N4O. The lowest BCUT2D eigenvalue weighted by molar-refractivity contribution is 0.0732. The van der Waals surface area contributed by atoms with Gasteiger partial charge in [0.25, 0.3) is 5.91 Å². The zero-order chi connectivity index (χ0) is 13.9. The van der Waals surface area contributed by atoms with Crippen LogP contribution in [0.15, 0.2) is 36.9 Å². The molecule has 5 heteroatoms. The average molecular weight is 268 g/mol. The Kier molecular flexibility index (Phi) is 3.41. The molecule has 1 amide bonds. The SMILES string of the molecule is Cc1ccc(C(=O)N2CCC[C@@H]2c2cnccn2)cn1. The van der Waals surface area contributed by atoms with E-state index in [-0.39, 0.29) is 11.9 Å². The van der Waals surface area contributed by atoms with E-state index < -0.39 is 0 Å². The summed E-state index contributed by atoms with van der Waals surface area (Å²) in [4.78, 5) is 27.1. The van der Waals surface area contributed by atoms with Crippen molar-refractivity contribution in [3.05, 3.63) is 53.9 Å². The van der Waals surface area contributed by atoms with Crippen molar-refractivity contribution in [2.75, 3.05) is 6.54 Å². The van der Waals surface area contributed by atoms with Crippen molar-refractivity contribution in [1.82, 2.24) is 19.9 Å². The quantitative estimate of drug-likeness (QED) is 0.837. The Labute approximate surface area is 117 Å². The summed E-state index contributed by atoms with van der Waals surface area (Å²) in [5.41, 5.74) is 2.40. The Hall–Kier alpha value is -2.30. The fourth-order valence-corrected chi connectivity index (χ4v) is 2.56. The van der Waals surface area contributed by atoms with E-state index in [1.54, 1.807) is 24.8 Å². The van der Waals surface area contributed by atoms with Gasteiger partial charge in [-0.05, 0) is 31.9 Å². The van der Waals surface area contributed by atoms with Crippen molar-refractivity contribution in [2.45, 2.75) is 25.8 Å². The molecule has 102 valence electrons. The summed E-state index contributed by atoms with van der Waals surface area (Å²) in [5.74, 6) is 0.0191. The first-order valence-electron chi connectivity index (χ1n) is 6.75. The van der Waals surface area contributed by atoms with Crippen molar-refractivity contribution in [2.24, 2.45) is 0 Å². The number of aryl methyl sites for hydroxylation is 1. The van der Waals surface area contributed by atoms with E-state index in [4.69, 9.17) is 0 Å². The fourth-order valence-electron chi connectivity index (χ4n) is 2.56. The van der Waals surface area contributed by atoms with E-state index in [0.29, 0.717) is 5.56 Å². The van der Waals surface area contributed by atoms with Crippen LogP contribution < -0.4 is 0 Å². The van der Waals surface area contributed by atoms with E-state index in [2.05, 4.69) is 15.0 Å². The van der Waals surface area contributed by atoms with E-state index in [1.807, 2.05) is 24.0 Å². The summed E-state index contributed by atoms with van der Waals surface area (Å²) in [6, 6.07) is 3.72. The number of hydrogen-bond donors (Lipinski definition) is 0. The number of aromatic nitrogens is 3. The molecule has 5 nitrogen and oxygen atoms in total. The summed E-state index contributed by atoms with van der Waals surface area (Å²) >= 11 is 0. The van der Waals surface area contributed by atoms with Gasteiger partial charge in [0.2, 0.25) is 0 Å². The zero-order valence-corrected chi connectivity index (χ0v) is 11.4. The third-order valence-corrected chi connectivity index (χ3v) is 3.60. The van der Waals surface area contributed by atoms with Gasteiger partial charge in [-0.3, -0.25) is 19.7 Å². The summed E-state index contributed by atoms with van der Waals surface area (Å²) in [6.45, 7) is 2.67. The Balaban J connectivity index is 1.85. The molecular weight excluding hydrogens is 252 g/mol. The van der Waals surface area contributed by atoms with Crippen molar-refractivity contribution in [3.63, 3.8) is 0 Å². The lowest BCUT2D eigenvalue weighted by Crippen LogP contribution is -2.31. The number of likely N-dealkylation sites (tertiary alicyclic amines) is 1. The smallest absolute Gasteiger partial charge is 0.255 e. The highest BCUT2D eigenvalue weighted by atomic mass is 16.2. The van der Waals surface area contributed by atoms with Crippen molar-refractivity contribution in [1.29, 1.82) is 0 Å². The van der Waals surface area contributed by atoms with Crippen LogP contribution in [-0.4, -0.2) is 32.3 Å². The number of rotatable bonds is 2. The predicted molar refractivity (Wildman–Crippen MR) is 74.0 cm³/mol. The molecule has 0 spiro atoms. The predicted octanol–water partition coefficient (Wildman–Crippen LogP) is 2.16. The van der Waals surface area contributed by atoms with E-state index >= 15 is 0 Å². The molecule has 2 aromatic heterocycles. The third-order valence-electron chi connectivity index (χ3n) is 3.60. The van der Waals surface area contributed by atoms with Gasteiger partial charge >= 0.3 is 0 Å². The maximum Gasteiger partial charge on any atom is 0.255 e. The van der Waals surface area contributed by atoms with Crippen LogP contribution in [0.2, 0.25) is 0 Å². The molecule has 0 aromatic carbocycles. The van der Waals surface area contributed by atoms with Crippen molar-refractivity contribution >= 4 is 5.91 Å². The summed E-state index contributed by atoms with van der Waals surface area (Å²) in [7, 11) is 0. The highest BCUT2D eigenvalue weighted by Gasteiger charge is 2.31. The monoisotopic (exact) mass is 268 g/mol. The molecule has 3 heterocycles. The van der Waals surface area contributed by atoms with Crippen molar-refractivity contribution in [3.8, 4) is 0 Å². The maximum absolute atomic E-state index is 12.6. The van der Waals surface area contributed by atoms with Crippen LogP contribution in [-0.2, 0) is 0 Å². The number of carbonyl (C=O) groups excluding carboxylic acids is 1. The molecule has 1 aliphatic heterocycles. The Morgan fingerprint density at radius 2 is 2.15 bits per heavy atom. The minimum absolute atomic E-state index is 0.0191. The first-order valence-corrected chi connectivity index (χ1v) is 6.75. The second-order valence-corrected chi connectivity index (χ2v) is 4.98. The average Bonchev–Trinajstić information content (AvgIpc) is 2.97. The van der Waals surface area contributed by atoms with Gasteiger partial charge < -0.3 is 4.90 Å². The van der Waals surface area contributed by atoms with E-state index in [9.17, 15) is 4.79 Å². The van der Waals surface area contributed by atoms with Crippen LogP contribution in [0.3, 0.4) is 0 Å². The van der Waals surface area contributed by atoms with Gasteiger partial charge in [-0.2, -0.15) is 0 Å². The van der Waals surface area contributed by atoms with Crippen LogP contribution in [0.5, 0.6) is 0 Å². The summed E-state index contributed by atoms with van der Waals surface area (Å²) < 4.78 is 0. The fraction of sp³-hybridized carbons (Fsp3) is 0.333. The zero-order valence-electron chi connectivity index (χ0n) is 11.4. The van der Waals surface area contributed by atoms with Gasteiger partial charge in [0.05, 0.1) is 23.5 Å². The highest BCUT2D eigenvalue weighted by Crippen LogP contribution is 2.31. The molecule has 2 aromatic rings. The topological polar surface area (TPSA) is 59.0 Å². The van der Waals surface area contributed by atoms with Crippen LogP contribution in [0, 0.1) is 6.92 Å². The number of hydrogen-bond acceptors (Lipinski definition) is 4. The van der Waals surface area contributed by atoms with Crippen LogP contribution in [0.25, 0.3) is 0 Å². The summed E-state index contributed by atoms with van der Waals surface area (Å²) in [6.07, 6.45) is 8.63. The second-order valence-electron chi connectivity index (χ2n) is 4.98. The van der Waals surface area contributed by atoms with Gasteiger partial charge in [-0.25, -0.2) is 0 Å². The molecule has 20 heavy (non-hydrogen) atoms. The standard InChI is InChI=1S/C15H16N4O/c1-11-4-5-12(9-18-11)15(20)19-8-2-3-14(19)13-10-16-6-7-17-13/h4-7,9-10,14H,2-3,8H2,1H3/t14-/m1/s1. The third kappa shape index (κ3) is 2.39. The van der Waals surface area contributed by atoms with Gasteiger partial charge in [0, 0.05) is 30.8 Å². The lowest BCUT2D eigenvalue weighted by Gasteiger charge is -2.24. The molecule has 3 rings (SSSR count). The van der Waals surface area contributed by atoms with Crippen LogP contribution >= 0.6 is 0 Å². The number of nitrogens with zero attached hydrogens (tertiary/aromatic N) is 4. The Morgan fingerprint density at radius 1 is 1.25 bits per heavy atom. The lowest BCUT2D eigenvalue weighted by atomic mass is 10.1. The first kappa shape index (κ1) is 12.7. The molecule has 0 bridgehead atoms. The molecule has 1 fully saturated rings. The molecule has 0 unspecified atom stereocenters. The Morgan fingerprint density at radius 3 is 2.85 bits per heavy atom. The number of amides is 1. The normalized spacial score (nSPS) is 18.2. The molecule has 0 aliphatic carbocycles. The second kappa shape index (κ2) is 5.36. The van der Waals surface area contributed by atoms with Crippen LogP contribution in [0.4, 0.5) is 0 Å². The minimum Gasteiger partial charge on any atom is -0.330 e. The molecule has 1 saturated heterocycles. The minimum atomic E-state index is 0.0191. The van der Waals surface area contributed by atoms with Gasteiger partial charge in [-0.1, -0.05) is 0 Å². The molecule has 0 N–H and O–H groups in total. The van der Waals surface area contributed by atoms with E-state index in [0.717, 1.165) is 30.8 Å². The number of carbonyl (C=O) groups is 1. The highest BCUT2D eigenvalue weighted by molar-refractivity contribution is 5.94. The molecule has 1 atom stereocenters. The first-order chi connectivity index (χ1) is 9.75. The van der Waals surface area contributed by atoms with Gasteiger partial charge in [0.1, 0.15) is 0 Å². The molecule has 0 radical (unpaired) electrons. The van der Waals surface area contributed by atoms with Crippen molar-refractivity contribution < 1.29 is 4.79 Å². The van der Waals surface area contributed by atoms with Gasteiger partial charge in [-0.15, -0.1) is 0 Å². The summed E-state index contributed by atoms with van der Waals surface area (Å²) in [5, 5.41) is 0. The largest absolute Gasteiger partial charge is 0.330 e. The number of pyridine rings is 1.